The standard InChI is InChI=1S/C16H19ClN4O2/c1-4-10(2)19-16-18-8-7-14(21-16)20-13-9-11(15(22)23-3)5-6-12(13)17/h5-10H,4H2,1-3H3,(H2,18,19,20,21). The highest BCUT2D eigenvalue weighted by Gasteiger charge is 2.10. The van der Waals surface area contributed by atoms with E-state index in [2.05, 4.69) is 34.4 Å². The second-order valence-corrected chi connectivity index (χ2v) is 5.44. The van der Waals surface area contributed by atoms with Gasteiger partial charge in [-0.1, -0.05) is 18.5 Å². The third-order valence-corrected chi connectivity index (χ3v) is 3.62. The fourth-order valence-corrected chi connectivity index (χ4v) is 1.99. The number of anilines is 3. The summed E-state index contributed by atoms with van der Waals surface area (Å²) in [4.78, 5) is 20.2. The van der Waals surface area contributed by atoms with Gasteiger partial charge in [0.25, 0.3) is 0 Å². The fourth-order valence-electron chi connectivity index (χ4n) is 1.82. The predicted octanol–water partition coefficient (Wildman–Crippen LogP) is 3.87. The number of halogens is 1. The lowest BCUT2D eigenvalue weighted by molar-refractivity contribution is 0.0601. The molecule has 1 atom stereocenters. The quantitative estimate of drug-likeness (QED) is 0.781. The molecule has 1 unspecified atom stereocenters. The summed E-state index contributed by atoms with van der Waals surface area (Å²) in [5.41, 5.74) is 0.981. The van der Waals surface area contributed by atoms with Gasteiger partial charge in [0, 0.05) is 12.2 Å². The van der Waals surface area contributed by atoms with Gasteiger partial charge in [-0.3, -0.25) is 0 Å². The van der Waals surface area contributed by atoms with Gasteiger partial charge in [-0.05, 0) is 37.6 Å². The Bertz CT molecular complexity index is 694. The van der Waals surface area contributed by atoms with Gasteiger partial charge in [-0.15, -0.1) is 0 Å². The van der Waals surface area contributed by atoms with Crippen LogP contribution in [0.4, 0.5) is 17.5 Å². The van der Waals surface area contributed by atoms with Gasteiger partial charge >= 0.3 is 5.97 Å². The molecule has 0 aliphatic heterocycles. The molecular weight excluding hydrogens is 316 g/mol. The molecule has 6 nitrogen and oxygen atoms in total. The second kappa shape index (κ2) is 7.78. The Kier molecular flexibility index (Phi) is 5.76. The number of ether oxygens (including phenoxy) is 1. The van der Waals surface area contributed by atoms with E-state index in [1.165, 1.54) is 7.11 Å². The molecule has 7 heteroatoms. The summed E-state index contributed by atoms with van der Waals surface area (Å²) >= 11 is 6.17. The average Bonchev–Trinajstić information content (AvgIpc) is 2.56. The lowest BCUT2D eigenvalue weighted by Gasteiger charge is -2.13. The Balaban J connectivity index is 2.21. The maximum atomic E-state index is 11.6. The van der Waals surface area contributed by atoms with Crippen molar-refractivity contribution >= 4 is 35.0 Å². The van der Waals surface area contributed by atoms with Crippen molar-refractivity contribution in [2.24, 2.45) is 0 Å². The Hall–Kier alpha value is -2.34. The number of hydrogen-bond acceptors (Lipinski definition) is 6. The van der Waals surface area contributed by atoms with Gasteiger partial charge in [0.15, 0.2) is 0 Å². The number of nitrogens with one attached hydrogen (secondary N) is 2. The first-order valence-electron chi connectivity index (χ1n) is 7.28. The number of aromatic nitrogens is 2. The van der Waals surface area contributed by atoms with E-state index in [4.69, 9.17) is 16.3 Å². The van der Waals surface area contributed by atoms with Gasteiger partial charge in [-0.2, -0.15) is 4.98 Å². The molecule has 2 rings (SSSR count). The number of carbonyl (C=O) groups is 1. The molecule has 0 bridgehead atoms. The number of rotatable bonds is 6. The Morgan fingerprint density at radius 2 is 2.17 bits per heavy atom. The van der Waals surface area contributed by atoms with Crippen molar-refractivity contribution in [3.63, 3.8) is 0 Å². The SMILES string of the molecule is CCC(C)Nc1nccc(Nc2cc(C(=O)OC)ccc2Cl)n1. The largest absolute Gasteiger partial charge is 0.465 e. The predicted molar refractivity (Wildman–Crippen MR) is 91.5 cm³/mol. The van der Waals surface area contributed by atoms with Crippen molar-refractivity contribution in [2.45, 2.75) is 26.3 Å². The van der Waals surface area contributed by atoms with Gasteiger partial charge in [-0.25, -0.2) is 9.78 Å². The van der Waals surface area contributed by atoms with Crippen LogP contribution in [0.1, 0.15) is 30.6 Å². The molecular formula is C16H19ClN4O2. The molecule has 0 spiro atoms. The lowest BCUT2D eigenvalue weighted by atomic mass is 10.2. The van der Waals surface area contributed by atoms with Crippen LogP contribution in [-0.2, 0) is 4.74 Å². The molecule has 0 aliphatic carbocycles. The fraction of sp³-hybridized carbons (Fsp3) is 0.312. The number of nitrogens with zero attached hydrogens (tertiary/aromatic N) is 2. The Morgan fingerprint density at radius 1 is 1.39 bits per heavy atom. The molecule has 0 saturated carbocycles. The smallest absolute Gasteiger partial charge is 0.337 e. The topological polar surface area (TPSA) is 76.1 Å². The van der Waals surface area contributed by atoms with Crippen LogP contribution in [0, 0.1) is 0 Å². The molecule has 0 fully saturated rings. The van der Waals surface area contributed by atoms with E-state index < -0.39 is 5.97 Å². The monoisotopic (exact) mass is 334 g/mol. The maximum absolute atomic E-state index is 11.6. The van der Waals surface area contributed by atoms with Crippen molar-refractivity contribution in [1.82, 2.24) is 9.97 Å². The van der Waals surface area contributed by atoms with Crippen molar-refractivity contribution in [3.8, 4) is 0 Å². The van der Waals surface area contributed by atoms with Crippen LogP contribution >= 0.6 is 11.6 Å². The summed E-state index contributed by atoms with van der Waals surface area (Å²) in [5, 5.41) is 6.77. The van der Waals surface area contributed by atoms with Gasteiger partial charge in [0.1, 0.15) is 5.82 Å². The summed E-state index contributed by atoms with van der Waals surface area (Å²) in [6, 6.07) is 6.86. The third kappa shape index (κ3) is 4.56. The van der Waals surface area contributed by atoms with Crippen molar-refractivity contribution in [3.05, 3.63) is 41.0 Å². The minimum Gasteiger partial charge on any atom is -0.465 e. The number of benzene rings is 1. The first kappa shape index (κ1) is 17.0. The number of hydrogen-bond donors (Lipinski definition) is 2. The molecule has 1 aromatic carbocycles. The Morgan fingerprint density at radius 3 is 2.87 bits per heavy atom. The summed E-state index contributed by atoms with van der Waals surface area (Å²) in [5.74, 6) is 0.686. The first-order valence-corrected chi connectivity index (χ1v) is 7.65. The first-order chi connectivity index (χ1) is 11.0. The van der Waals surface area contributed by atoms with E-state index >= 15 is 0 Å². The van der Waals surface area contributed by atoms with Crippen LogP contribution < -0.4 is 10.6 Å². The van der Waals surface area contributed by atoms with Gasteiger partial charge in [0.05, 0.1) is 23.4 Å². The van der Waals surface area contributed by atoms with Gasteiger partial charge < -0.3 is 15.4 Å². The average molecular weight is 335 g/mol. The van der Waals surface area contributed by atoms with E-state index in [0.29, 0.717) is 28.0 Å². The van der Waals surface area contributed by atoms with Gasteiger partial charge in [0.2, 0.25) is 5.95 Å². The van der Waals surface area contributed by atoms with E-state index in [-0.39, 0.29) is 6.04 Å². The molecule has 122 valence electrons. The number of methoxy groups -OCH3 is 1. The summed E-state index contributed by atoms with van der Waals surface area (Å²) in [7, 11) is 1.33. The van der Waals surface area contributed by atoms with E-state index in [0.717, 1.165) is 6.42 Å². The molecule has 1 heterocycles. The van der Waals surface area contributed by atoms with E-state index in [1.54, 1.807) is 30.5 Å². The van der Waals surface area contributed by atoms with Crippen molar-refractivity contribution < 1.29 is 9.53 Å². The summed E-state index contributed by atoms with van der Waals surface area (Å²) in [6.45, 7) is 4.14. The Labute approximate surface area is 140 Å². The van der Waals surface area contributed by atoms with Crippen LogP contribution in [0.15, 0.2) is 30.5 Å². The maximum Gasteiger partial charge on any atom is 0.337 e. The number of carbonyl (C=O) groups excluding carboxylic acids is 1. The summed E-state index contributed by atoms with van der Waals surface area (Å²) in [6.07, 6.45) is 2.62. The highest BCUT2D eigenvalue weighted by atomic mass is 35.5. The highest BCUT2D eigenvalue weighted by Crippen LogP contribution is 2.26. The molecule has 23 heavy (non-hydrogen) atoms. The zero-order chi connectivity index (χ0) is 16.8. The van der Waals surface area contributed by atoms with Crippen LogP contribution in [0.3, 0.4) is 0 Å². The molecule has 0 radical (unpaired) electrons. The lowest BCUT2D eigenvalue weighted by Crippen LogP contribution is -2.15. The second-order valence-electron chi connectivity index (χ2n) is 5.03. The third-order valence-electron chi connectivity index (χ3n) is 3.29. The molecule has 0 saturated heterocycles. The summed E-state index contributed by atoms with van der Waals surface area (Å²) < 4.78 is 4.71. The number of esters is 1. The van der Waals surface area contributed by atoms with Crippen LogP contribution in [0.2, 0.25) is 5.02 Å². The molecule has 2 N–H and O–H groups in total. The van der Waals surface area contributed by atoms with Crippen LogP contribution in [0.25, 0.3) is 0 Å². The molecule has 1 aromatic heterocycles. The van der Waals surface area contributed by atoms with E-state index in [9.17, 15) is 4.79 Å². The normalized spacial score (nSPS) is 11.7. The molecule has 0 aliphatic rings. The van der Waals surface area contributed by atoms with Crippen molar-refractivity contribution in [2.75, 3.05) is 17.7 Å². The van der Waals surface area contributed by atoms with Crippen molar-refractivity contribution in [1.29, 1.82) is 0 Å². The van der Waals surface area contributed by atoms with Crippen LogP contribution in [0.5, 0.6) is 0 Å². The minimum atomic E-state index is -0.425. The highest BCUT2D eigenvalue weighted by molar-refractivity contribution is 6.33. The van der Waals surface area contributed by atoms with E-state index in [1.807, 2.05) is 0 Å². The molecule has 0 amide bonds. The van der Waals surface area contributed by atoms with Crippen LogP contribution in [-0.4, -0.2) is 29.1 Å². The minimum absolute atomic E-state index is 0.275. The zero-order valence-electron chi connectivity index (χ0n) is 13.3. The molecule has 2 aromatic rings. The zero-order valence-corrected chi connectivity index (χ0v) is 14.0.